The maximum atomic E-state index is 4.12. The molecule has 4 nitrogen and oxygen atoms in total. The molecule has 18 heavy (non-hydrogen) atoms. The molecule has 1 atom stereocenters. The number of nitrogens with zero attached hydrogens (tertiary/aromatic N) is 4. The summed E-state index contributed by atoms with van der Waals surface area (Å²) in [5.74, 6) is 1.15. The minimum absolute atomic E-state index is 0.240. The molecule has 1 heterocycles. The maximum Gasteiger partial charge on any atom is 0.158 e. The lowest BCUT2D eigenvalue weighted by Gasteiger charge is -2.07. The van der Waals surface area contributed by atoms with Crippen molar-refractivity contribution < 1.29 is 0 Å². The maximum absolute atomic E-state index is 4.12. The number of tetrazole rings is 1. The van der Waals surface area contributed by atoms with Crippen LogP contribution in [-0.2, 0) is 6.54 Å². The van der Waals surface area contributed by atoms with Crippen molar-refractivity contribution in [3.05, 3.63) is 53.9 Å². The van der Waals surface area contributed by atoms with E-state index in [9.17, 15) is 0 Å². The van der Waals surface area contributed by atoms with Gasteiger partial charge in [-0.2, -0.15) is 0 Å². The van der Waals surface area contributed by atoms with Crippen LogP contribution in [0.1, 0.15) is 37.6 Å². The lowest BCUT2D eigenvalue weighted by molar-refractivity contribution is 0.608. The van der Waals surface area contributed by atoms with Gasteiger partial charge >= 0.3 is 0 Å². The van der Waals surface area contributed by atoms with Crippen LogP contribution in [-0.4, -0.2) is 20.2 Å². The van der Waals surface area contributed by atoms with Crippen molar-refractivity contribution in [1.82, 2.24) is 20.2 Å². The van der Waals surface area contributed by atoms with Gasteiger partial charge in [-0.15, -0.1) is 5.10 Å². The summed E-state index contributed by atoms with van der Waals surface area (Å²) in [6.45, 7) is 4.95. The predicted octanol–water partition coefficient (Wildman–Crippen LogP) is 2.79. The molecule has 1 aromatic carbocycles. The summed E-state index contributed by atoms with van der Waals surface area (Å²) >= 11 is 0. The second-order valence-electron chi connectivity index (χ2n) is 4.31. The van der Waals surface area contributed by atoms with E-state index < -0.39 is 0 Å². The number of benzene rings is 1. The molecule has 0 aliphatic carbocycles. The molecule has 0 fully saturated rings. The van der Waals surface area contributed by atoms with E-state index >= 15 is 0 Å². The van der Waals surface area contributed by atoms with E-state index in [2.05, 4.69) is 53.7 Å². The first-order valence-corrected chi connectivity index (χ1v) is 6.28. The highest BCUT2D eigenvalue weighted by Gasteiger charge is 2.11. The Labute approximate surface area is 107 Å². The Hall–Kier alpha value is -1.97. The number of hydrogen-bond acceptors (Lipinski definition) is 3. The van der Waals surface area contributed by atoms with Crippen LogP contribution in [0.25, 0.3) is 0 Å². The van der Waals surface area contributed by atoms with E-state index in [0.717, 1.165) is 12.2 Å². The first-order valence-electron chi connectivity index (χ1n) is 6.28. The SMILES string of the molecule is CC/C=C\C(C)c1nnnn1Cc1ccccc1. The van der Waals surface area contributed by atoms with Crippen molar-refractivity contribution >= 4 is 0 Å². The van der Waals surface area contributed by atoms with Crippen molar-refractivity contribution in [3.63, 3.8) is 0 Å². The lowest BCUT2D eigenvalue weighted by Crippen LogP contribution is -2.08. The molecule has 0 aliphatic rings. The molecule has 2 rings (SSSR count). The average Bonchev–Trinajstić information content (AvgIpc) is 2.85. The van der Waals surface area contributed by atoms with Crippen molar-refractivity contribution in [3.8, 4) is 0 Å². The van der Waals surface area contributed by atoms with Gasteiger partial charge in [0.2, 0.25) is 0 Å². The number of hydrogen-bond donors (Lipinski definition) is 0. The Morgan fingerprint density at radius 2 is 2.06 bits per heavy atom. The van der Waals surface area contributed by atoms with Crippen LogP contribution in [0, 0.1) is 0 Å². The zero-order valence-corrected chi connectivity index (χ0v) is 10.8. The van der Waals surface area contributed by atoms with Gasteiger partial charge in [0.25, 0.3) is 0 Å². The molecule has 0 aliphatic heterocycles. The van der Waals surface area contributed by atoms with E-state index in [1.165, 1.54) is 5.56 Å². The highest BCUT2D eigenvalue weighted by atomic mass is 15.5. The first-order chi connectivity index (χ1) is 8.81. The highest BCUT2D eigenvalue weighted by molar-refractivity contribution is 5.15. The predicted molar refractivity (Wildman–Crippen MR) is 71.2 cm³/mol. The quantitative estimate of drug-likeness (QED) is 0.757. The Morgan fingerprint density at radius 3 is 2.78 bits per heavy atom. The molecule has 0 saturated heterocycles. The number of allylic oxidation sites excluding steroid dienone is 2. The van der Waals surface area contributed by atoms with Crippen molar-refractivity contribution in [2.45, 2.75) is 32.7 Å². The molecule has 2 aromatic rings. The molecule has 0 radical (unpaired) electrons. The fraction of sp³-hybridized carbons (Fsp3) is 0.357. The minimum atomic E-state index is 0.240. The zero-order chi connectivity index (χ0) is 12.8. The van der Waals surface area contributed by atoms with Gasteiger partial charge in [-0.05, 0) is 22.4 Å². The van der Waals surface area contributed by atoms with Crippen LogP contribution in [0.4, 0.5) is 0 Å². The molecular formula is C14H18N4. The third-order valence-corrected chi connectivity index (χ3v) is 2.80. The summed E-state index contributed by atoms with van der Waals surface area (Å²) in [6, 6.07) is 10.2. The molecule has 1 unspecified atom stereocenters. The van der Waals surface area contributed by atoms with E-state index in [-0.39, 0.29) is 5.92 Å². The van der Waals surface area contributed by atoms with Gasteiger partial charge < -0.3 is 0 Å². The summed E-state index contributed by atoms with van der Waals surface area (Å²) in [6.07, 6.45) is 5.32. The molecule has 0 spiro atoms. The summed E-state index contributed by atoms with van der Waals surface area (Å²) in [7, 11) is 0. The van der Waals surface area contributed by atoms with E-state index in [1.807, 2.05) is 22.9 Å². The Kier molecular flexibility index (Phi) is 4.23. The highest BCUT2D eigenvalue weighted by Crippen LogP contribution is 2.14. The first kappa shape index (κ1) is 12.5. The minimum Gasteiger partial charge on any atom is -0.225 e. The van der Waals surface area contributed by atoms with Crippen LogP contribution in [0.5, 0.6) is 0 Å². The fourth-order valence-electron chi connectivity index (χ4n) is 1.83. The molecule has 0 amide bonds. The van der Waals surface area contributed by atoms with Gasteiger partial charge in [0, 0.05) is 5.92 Å². The monoisotopic (exact) mass is 242 g/mol. The topological polar surface area (TPSA) is 43.6 Å². The molecule has 1 aromatic heterocycles. The lowest BCUT2D eigenvalue weighted by atomic mass is 10.1. The normalized spacial score (nSPS) is 13.0. The summed E-state index contributed by atoms with van der Waals surface area (Å²) in [5, 5.41) is 12.0. The van der Waals surface area contributed by atoms with Gasteiger partial charge in [0.05, 0.1) is 6.54 Å². The second kappa shape index (κ2) is 6.10. The van der Waals surface area contributed by atoms with Crippen LogP contribution < -0.4 is 0 Å². The Morgan fingerprint density at radius 1 is 1.28 bits per heavy atom. The summed E-state index contributed by atoms with van der Waals surface area (Å²) in [4.78, 5) is 0. The molecule has 94 valence electrons. The van der Waals surface area contributed by atoms with Gasteiger partial charge in [-0.1, -0.05) is 56.3 Å². The number of aromatic nitrogens is 4. The largest absolute Gasteiger partial charge is 0.225 e. The van der Waals surface area contributed by atoms with Crippen molar-refractivity contribution in [1.29, 1.82) is 0 Å². The van der Waals surface area contributed by atoms with Gasteiger partial charge in [0.15, 0.2) is 5.82 Å². The third-order valence-electron chi connectivity index (χ3n) is 2.80. The van der Waals surface area contributed by atoms with Crippen molar-refractivity contribution in [2.75, 3.05) is 0 Å². The summed E-state index contributed by atoms with van der Waals surface area (Å²) < 4.78 is 1.86. The Bertz CT molecular complexity index is 502. The van der Waals surface area contributed by atoms with Gasteiger partial charge in [0.1, 0.15) is 0 Å². The van der Waals surface area contributed by atoms with Crippen LogP contribution >= 0.6 is 0 Å². The molecule has 0 saturated carbocycles. The molecule has 0 bridgehead atoms. The standard InChI is InChI=1S/C14H18N4/c1-3-4-8-12(2)14-15-16-17-18(14)11-13-9-6-5-7-10-13/h4-10,12H,3,11H2,1-2H3/b8-4-. The summed E-state index contributed by atoms with van der Waals surface area (Å²) in [5.41, 5.74) is 1.21. The van der Waals surface area contributed by atoms with Crippen LogP contribution in [0.3, 0.4) is 0 Å². The fourth-order valence-corrected chi connectivity index (χ4v) is 1.83. The smallest absolute Gasteiger partial charge is 0.158 e. The van der Waals surface area contributed by atoms with E-state index in [4.69, 9.17) is 0 Å². The molecule has 4 heteroatoms. The van der Waals surface area contributed by atoms with Crippen molar-refractivity contribution in [2.24, 2.45) is 0 Å². The van der Waals surface area contributed by atoms with Crippen LogP contribution in [0.15, 0.2) is 42.5 Å². The van der Waals surface area contributed by atoms with Crippen LogP contribution in [0.2, 0.25) is 0 Å². The second-order valence-corrected chi connectivity index (χ2v) is 4.31. The van der Waals surface area contributed by atoms with Gasteiger partial charge in [-0.25, -0.2) is 4.68 Å². The van der Waals surface area contributed by atoms with E-state index in [0.29, 0.717) is 6.54 Å². The molecular weight excluding hydrogens is 224 g/mol. The number of rotatable bonds is 5. The third kappa shape index (κ3) is 3.03. The Balaban J connectivity index is 2.15. The average molecular weight is 242 g/mol. The van der Waals surface area contributed by atoms with Gasteiger partial charge in [-0.3, -0.25) is 0 Å². The zero-order valence-electron chi connectivity index (χ0n) is 10.8. The van der Waals surface area contributed by atoms with E-state index in [1.54, 1.807) is 0 Å². The molecule has 0 N–H and O–H groups in total.